The number of thiazole rings is 1. The smallest absolute Gasteiger partial charge is 0.306 e. The van der Waals surface area contributed by atoms with E-state index in [0.29, 0.717) is 48.9 Å². The second-order valence-corrected chi connectivity index (χ2v) is 13.0. The zero-order valence-electron chi connectivity index (χ0n) is 25.9. The minimum atomic E-state index is -0.889. The summed E-state index contributed by atoms with van der Waals surface area (Å²) in [6, 6.07) is 9.36. The molecule has 0 spiro atoms. The van der Waals surface area contributed by atoms with Crippen molar-refractivity contribution in [2.75, 3.05) is 13.7 Å². The second kappa shape index (κ2) is 16.8. The third-order valence-electron chi connectivity index (χ3n) is 8.42. The van der Waals surface area contributed by atoms with Crippen LogP contribution in [0.2, 0.25) is 0 Å². The van der Waals surface area contributed by atoms with Crippen molar-refractivity contribution in [2.45, 2.75) is 104 Å². The van der Waals surface area contributed by atoms with Gasteiger partial charge in [0.2, 0.25) is 5.91 Å². The van der Waals surface area contributed by atoms with E-state index in [-0.39, 0.29) is 35.9 Å². The molecule has 2 amide bonds. The molecule has 1 saturated carbocycles. The summed E-state index contributed by atoms with van der Waals surface area (Å²) in [4.78, 5) is 44.7. The number of aromatic nitrogens is 1. The number of benzene rings is 1. The second-order valence-electron chi connectivity index (χ2n) is 12.1. The van der Waals surface area contributed by atoms with Gasteiger partial charge in [0, 0.05) is 44.0 Å². The predicted octanol–water partition coefficient (Wildman–Crippen LogP) is 6.52. The number of nitrogens with one attached hydrogen (secondary N) is 1. The summed E-state index contributed by atoms with van der Waals surface area (Å²) in [7, 11) is 1.91. The maximum Gasteiger partial charge on any atom is 0.306 e. The van der Waals surface area contributed by atoms with Gasteiger partial charge in [0.15, 0.2) is 0 Å². The normalized spacial score (nSPS) is 16.9. The van der Waals surface area contributed by atoms with Crippen LogP contribution in [0.15, 0.2) is 35.7 Å². The third-order valence-corrected chi connectivity index (χ3v) is 9.36. The Labute approximate surface area is 255 Å². The highest BCUT2D eigenvalue weighted by Crippen LogP contribution is 2.32. The molecule has 0 saturated heterocycles. The van der Waals surface area contributed by atoms with Crippen molar-refractivity contribution < 1.29 is 24.2 Å². The van der Waals surface area contributed by atoms with Gasteiger partial charge in [-0.2, -0.15) is 0 Å². The van der Waals surface area contributed by atoms with Crippen molar-refractivity contribution in [3.05, 3.63) is 52.0 Å². The lowest BCUT2D eigenvalue weighted by Gasteiger charge is -2.35. The number of carboxylic acid groups (broad SMARTS) is 1. The molecular weight excluding hydrogens is 550 g/mol. The highest BCUT2D eigenvalue weighted by Gasteiger charge is 2.31. The number of hydrogen-bond acceptors (Lipinski definition) is 6. The Morgan fingerprint density at radius 1 is 1.10 bits per heavy atom. The van der Waals surface area contributed by atoms with Gasteiger partial charge in [-0.3, -0.25) is 14.4 Å². The summed E-state index contributed by atoms with van der Waals surface area (Å²) in [6.07, 6.45) is 7.68. The number of carbonyl (C=O) groups is 3. The molecule has 8 nitrogen and oxygen atoms in total. The Balaban J connectivity index is 1.70. The summed E-state index contributed by atoms with van der Waals surface area (Å²) in [5.74, 6) is -0.918. The van der Waals surface area contributed by atoms with E-state index in [1.807, 2.05) is 49.2 Å². The summed E-state index contributed by atoms with van der Waals surface area (Å²) in [5.41, 5.74) is 1.32. The number of rotatable bonds is 16. The van der Waals surface area contributed by atoms with Crippen LogP contribution in [0.1, 0.15) is 106 Å². The molecule has 42 heavy (non-hydrogen) atoms. The third kappa shape index (κ3) is 10.2. The van der Waals surface area contributed by atoms with E-state index in [1.165, 1.54) is 30.6 Å². The first-order valence-electron chi connectivity index (χ1n) is 15.5. The first-order valence-corrected chi connectivity index (χ1v) is 16.4. The molecular formula is C33H49N3O5S. The number of carboxylic acids is 1. The fourth-order valence-electron chi connectivity index (χ4n) is 5.92. The molecule has 1 fully saturated rings. The summed E-state index contributed by atoms with van der Waals surface area (Å²) < 4.78 is 6.13. The minimum Gasteiger partial charge on any atom is -0.481 e. The van der Waals surface area contributed by atoms with Crippen LogP contribution in [0.4, 0.5) is 0 Å². The van der Waals surface area contributed by atoms with Gasteiger partial charge in [0.05, 0.1) is 5.92 Å². The number of carbonyl (C=O) groups excluding carboxylic acids is 2. The zero-order valence-corrected chi connectivity index (χ0v) is 26.7. The van der Waals surface area contributed by atoms with Gasteiger partial charge in [0.1, 0.15) is 16.8 Å². The van der Waals surface area contributed by atoms with Gasteiger partial charge < -0.3 is 20.1 Å². The van der Waals surface area contributed by atoms with E-state index in [1.54, 1.807) is 12.3 Å². The fraction of sp³-hybridized carbons (Fsp3) is 0.636. The quantitative estimate of drug-likeness (QED) is 0.228. The van der Waals surface area contributed by atoms with E-state index in [2.05, 4.69) is 24.1 Å². The molecule has 1 heterocycles. The molecule has 232 valence electrons. The molecule has 1 aromatic heterocycles. The van der Waals surface area contributed by atoms with Crippen LogP contribution in [-0.2, 0) is 20.7 Å². The maximum atomic E-state index is 13.3. The Hall–Kier alpha value is -2.78. The van der Waals surface area contributed by atoms with Crippen molar-refractivity contribution in [3.63, 3.8) is 0 Å². The molecule has 1 aliphatic rings. The topological polar surface area (TPSA) is 109 Å². The first-order chi connectivity index (χ1) is 20.1. The molecule has 2 aromatic rings. The lowest BCUT2D eigenvalue weighted by molar-refractivity contribution is -0.141. The maximum absolute atomic E-state index is 13.3. The molecule has 0 bridgehead atoms. The van der Waals surface area contributed by atoms with Crippen LogP contribution < -0.4 is 5.32 Å². The van der Waals surface area contributed by atoms with E-state index in [9.17, 15) is 19.5 Å². The molecule has 4 unspecified atom stereocenters. The molecule has 0 radical (unpaired) electrons. The van der Waals surface area contributed by atoms with Crippen LogP contribution in [-0.4, -0.2) is 58.5 Å². The standard InChI is InChI=1S/C33H49N3O5S/c1-6-41-29(20-28(22(2)3)36(5)30(37)19-25-15-11-8-12-16-25)32-35-27(21-42-32)31(38)34-26(17-23(4)33(39)40)18-24-13-9-7-10-14-24/h7,9-10,13-14,21-23,25-26,28-29H,6,8,11-12,15-20H2,1-5H3,(H,34,38)(H,39,40). The Morgan fingerprint density at radius 2 is 1.79 bits per heavy atom. The molecule has 3 rings (SSSR count). The Bertz CT molecular complexity index is 1130. The summed E-state index contributed by atoms with van der Waals surface area (Å²) in [5, 5.41) is 14.9. The van der Waals surface area contributed by atoms with Crippen molar-refractivity contribution >= 4 is 29.1 Å². The first kappa shape index (κ1) is 33.7. The molecule has 9 heteroatoms. The molecule has 1 aromatic carbocycles. The van der Waals surface area contributed by atoms with Crippen molar-refractivity contribution in [1.29, 1.82) is 0 Å². The van der Waals surface area contributed by atoms with Gasteiger partial charge in [-0.1, -0.05) is 70.4 Å². The zero-order chi connectivity index (χ0) is 30.6. The van der Waals surface area contributed by atoms with Crippen molar-refractivity contribution in [3.8, 4) is 0 Å². The predicted molar refractivity (Wildman–Crippen MR) is 167 cm³/mol. The Morgan fingerprint density at radius 3 is 2.40 bits per heavy atom. The molecule has 4 atom stereocenters. The van der Waals surface area contributed by atoms with Crippen LogP contribution in [0, 0.1) is 17.8 Å². The van der Waals surface area contributed by atoms with Crippen LogP contribution in [0.5, 0.6) is 0 Å². The fourth-order valence-corrected chi connectivity index (χ4v) is 6.78. The molecule has 2 N–H and O–H groups in total. The monoisotopic (exact) mass is 599 g/mol. The molecule has 0 aliphatic heterocycles. The Kier molecular flexibility index (Phi) is 13.4. The lowest BCUT2D eigenvalue weighted by Crippen LogP contribution is -2.42. The number of hydrogen-bond donors (Lipinski definition) is 2. The van der Waals surface area contributed by atoms with E-state index >= 15 is 0 Å². The number of amides is 2. The van der Waals surface area contributed by atoms with Crippen molar-refractivity contribution in [1.82, 2.24) is 15.2 Å². The SMILES string of the molecule is CCOC(CC(C(C)C)N(C)C(=O)CC1CCCCC1)c1nc(C(=O)NC(Cc2ccccc2)CC(C)C(=O)O)cs1. The number of aliphatic carboxylic acids is 1. The van der Waals surface area contributed by atoms with Crippen LogP contribution in [0.25, 0.3) is 0 Å². The van der Waals surface area contributed by atoms with Gasteiger partial charge in [-0.25, -0.2) is 4.98 Å². The average molecular weight is 600 g/mol. The lowest BCUT2D eigenvalue weighted by atomic mass is 9.86. The van der Waals surface area contributed by atoms with Gasteiger partial charge in [-0.15, -0.1) is 11.3 Å². The largest absolute Gasteiger partial charge is 0.481 e. The van der Waals surface area contributed by atoms with Gasteiger partial charge in [0.25, 0.3) is 5.91 Å². The minimum absolute atomic E-state index is 0.0217. The van der Waals surface area contributed by atoms with Crippen LogP contribution >= 0.6 is 11.3 Å². The van der Waals surface area contributed by atoms with Gasteiger partial charge in [-0.05, 0) is 50.0 Å². The summed E-state index contributed by atoms with van der Waals surface area (Å²) in [6.45, 7) is 8.34. The van der Waals surface area contributed by atoms with E-state index in [0.717, 1.165) is 18.4 Å². The number of nitrogens with zero attached hydrogens (tertiary/aromatic N) is 2. The molecule has 1 aliphatic carbocycles. The number of ether oxygens (including phenoxy) is 1. The highest BCUT2D eigenvalue weighted by molar-refractivity contribution is 7.09. The van der Waals surface area contributed by atoms with E-state index < -0.39 is 11.9 Å². The van der Waals surface area contributed by atoms with Gasteiger partial charge >= 0.3 is 5.97 Å². The van der Waals surface area contributed by atoms with Crippen molar-refractivity contribution in [2.24, 2.45) is 17.8 Å². The van der Waals surface area contributed by atoms with Crippen LogP contribution in [0.3, 0.4) is 0 Å². The average Bonchev–Trinajstić information content (AvgIpc) is 3.46. The highest BCUT2D eigenvalue weighted by atomic mass is 32.1. The van der Waals surface area contributed by atoms with E-state index in [4.69, 9.17) is 4.74 Å². The summed E-state index contributed by atoms with van der Waals surface area (Å²) >= 11 is 1.38.